The Morgan fingerprint density at radius 3 is 2.43 bits per heavy atom. The predicted octanol–water partition coefficient (Wildman–Crippen LogP) is 3.63. The Hall–Kier alpha value is -2.89. The van der Waals surface area contributed by atoms with Crippen molar-refractivity contribution in [1.82, 2.24) is 10.1 Å². The third-order valence-corrected chi connectivity index (χ3v) is 2.87. The van der Waals surface area contributed by atoms with E-state index in [0.29, 0.717) is 11.5 Å². The molecule has 0 radical (unpaired) electrons. The Morgan fingerprint density at radius 1 is 1.05 bits per heavy atom. The monoisotopic (exact) mass is 285 g/mol. The van der Waals surface area contributed by atoms with Gasteiger partial charge in [-0.25, -0.2) is 4.39 Å². The second-order valence-electron chi connectivity index (χ2n) is 4.28. The first-order valence-corrected chi connectivity index (χ1v) is 6.25. The van der Waals surface area contributed by atoms with Crippen LogP contribution in [0.25, 0.3) is 11.4 Å². The highest BCUT2D eigenvalue weighted by Gasteiger charge is 2.08. The lowest BCUT2D eigenvalue weighted by Gasteiger charge is -2.00. The number of nitrogens with one attached hydrogen (secondary N) is 1. The van der Waals surface area contributed by atoms with Gasteiger partial charge in [0.2, 0.25) is 5.82 Å². The topological polar surface area (TPSA) is 60.2 Å². The average Bonchev–Trinajstić information content (AvgIpc) is 2.98. The number of halogens is 1. The van der Waals surface area contributed by atoms with Crippen LogP contribution < -0.4 is 10.1 Å². The Bertz CT molecular complexity index is 723. The summed E-state index contributed by atoms with van der Waals surface area (Å²) in [5, 5.41) is 6.80. The number of hydrogen-bond donors (Lipinski definition) is 1. The summed E-state index contributed by atoms with van der Waals surface area (Å²) in [6.45, 7) is 0. The molecule has 21 heavy (non-hydrogen) atoms. The van der Waals surface area contributed by atoms with E-state index in [-0.39, 0.29) is 11.8 Å². The molecule has 2 aromatic carbocycles. The maximum absolute atomic E-state index is 12.8. The molecule has 3 aromatic rings. The van der Waals surface area contributed by atoms with E-state index in [1.165, 1.54) is 12.1 Å². The number of methoxy groups -OCH3 is 1. The first-order chi connectivity index (χ1) is 10.2. The molecule has 106 valence electrons. The van der Waals surface area contributed by atoms with E-state index in [9.17, 15) is 4.39 Å². The van der Waals surface area contributed by atoms with Gasteiger partial charge in [0.15, 0.2) is 0 Å². The average molecular weight is 285 g/mol. The molecule has 0 unspecified atom stereocenters. The third kappa shape index (κ3) is 3.00. The van der Waals surface area contributed by atoms with E-state index in [2.05, 4.69) is 15.5 Å². The molecule has 0 fully saturated rings. The summed E-state index contributed by atoms with van der Waals surface area (Å²) in [7, 11) is 1.61. The zero-order chi connectivity index (χ0) is 14.7. The molecule has 1 aromatic heterocycles. The number of nitrogens with zero attached hydrogens (tertiary/aromatic N) is 2. The molecule has 3 rings (SSSR count). The van der Waals surface area contributed by atoms with Crippen LogP contribution in [0.5, 0.6) is 5.75 Å². The fourth-order valence-electron chi connectivity index (χ4n) is 1.79. The molecule has 1 N–H and O–H groups in total. The predicted molar refractivity (Wildman–Crippen MR) is 76.0 cm³/mol. The summed E-state index contributed by atoms with van der Waals surface area (Å²) >= 11 is 0. The first kappa shape index (κ1) is 13.1. The molecular weight excluding hydrogens is 273 g/mol. The van der Waals surface area contributed by atoms with Gasteiger partial charge in [-0.15, -0.1) is 0 Å². The molecule has 0 atom stereocenters. The van der Waals surface area contributed by atoms with Crippen molar-refractivity contribution in [2.24, 2.45) is 0 Å². The maximum Gasteiger partial charge on any atom is 0.326 e. The van der Waals surface area contributed by atoms with Crippen molar-refractivity contribution < 1.29 is 13.7 Å². The molecule has 0 aliphatic carbocycles. The highest BCUT2D eigenvalue weighted by atomic mass is 19.1. The van der Waals surface area contributed by atoms with Gasteiger partial charge < -0.3 is 14.6 Å². The van der Waals surface area contributed by atoms with Gasteiger partial charge in [0, 0.05) is 11.3 Å². The number of hydrogen-bond acceptors (Lipinski definition) is 5. The smallest absolute Gasteiger partial charge is 0.326 e. The molecule has 0 bridgehead atoms. The zero-order valence-electron chi connectivity index (χ0n) is 11.2. The summed E-state index contributed by atoms with van der Waals surface area (Å²) in [6.07, 6.45) is 0. The molecule has 0 saturated heterocycles. The zero-order valence-corrected chi connectivity index (χ0v) is 11.2. The third-order valence-electron chi connectivity index (χ3n) is 2.87. The lowest BCUT2D eigenvalue weighted by molar-refractivity contribution is 0.415. The van der Waals surface area contributed by atoms with Crippen LogP contribution >= 0.6 is 0 Å². The summed E-state index contributed by atoms with van der Waals surface area (Å²) in [6, 6.07) is 13.4. The lowest BCUT2D eigenvalue weighted by Crippen LogP contribution is -1.90. The molecule has 0 amide bonds. The van der Waals surface area contributed by atoms with Crippen molar-refractivity contribution in [3.8, 4) is 17.1 Å². The molecule has 1 heterocycles. The Labute approximate surface area is 120 Å². The van der Waals surface area contributed by atoms with E-state index in [1.807, 2.05) is 24.3 Å². The maximum atomic E-state index is 12.8. The van der Waals surface area contributed by atoms with E-state index in [1.54, 1.807) is 19.2 Å². The minimum Gasteiger partial charge on any atom is -0.497 e. The minimum absolute atomic E-state index is 0.243. The van der Waals surface area contributed by atoms with Crippen LogP contribution in [0.3, 0.4) is 0 Å². The number of ether oxygens (including phenoxy) is 1. The van der Waals surface area contributed by atoms with Crippen LogP contribution in [0.1, 0.15) is 0 Å². The SMILES string of the molecule is COc1ccc(-c2noc(Nc3ccc(F)cc3)n2)cc1. The summed E-state index contributed by atoms with van der Waals surface area (Å²) < 4.78 is 23.0. The van der Waals surface area contributed by atoms with Crippen LogP contribution in [0.15, 0.2) is 53.1 Å². The highest BCUT2D eigenvalue weighted by Crippen LogP contribution is 2.22. The summed E-state index contributed by atoms with van der Waals surface area (Å²) in [5.74, 6) is 0.916. The van der Waals surface area contributed by atoms with E-state index in [0.717, 1.165) is 11.3 Å². The van der Waals surface area contributed by atoms with Gasteiger partial charge in [-0.1, -0.05) is 5.16 Å². The fraction of sp³-hybridized carbons (Fsp3) is 0.0667. The second kappa shape index (κ2) is 5.62. The molecule has 0 aliphatic rings. The first-order valence-electron chi connectivity index (χ1n) is 6.25. The minimum atomic E-state index is -0.301. The number of anilines is 2. The summed E-state index contributed by atoms with van der Waals surface area (Å²) in [5.41, 5.74) is 1.48. The van der Waals surface area contributed by atoms with Gasteiger partial charge >= 0.3 is 6.01 Å². The van der Waals surface area contributed by atoms with Crippen LogP contribution in [0.4, 0.5) is 16.1 Å². The van der Waals surface area contributed by atoms with Crippen molar-refractivity contribution in [3.05, 3.63) is 54.3 Å². The Morgan fingerprint density at radius 2 is 1.76 bits per heavy atom. The number of rotatable bonds is 4. The molecule has 0 aliphatic heterocycles. The van der Waals surface area contributed by atoms with Crippen LogP contribution in [0.2, 0.25) is 0 Å². The van der Waals surface area contributed by atoms with Crippen molar-refractivity contribution in [2.45, 2.75) is 0 Å². The van der Waals surface area contributed by atoms with Gasteiger partial charge in [-0.05, 0) is 48.5 Å². The largest absolute Gasteiger partial charge is 0.497 e. The quantitative estimate of drug-likeness (QED) is 0.793. The lowest BCUT2D eigenvalue weighted by atomic mass is 10.2. The van der Waals surface area contributed by atoms with Gasteiger partial charge in [-0.3, -0.25) is 0 Å². The van der Waals surface area contributed by atoms with E-state index < -0.39 is 0 Å². The van der Waals surface area contributed by atoms with E-state index >= 15 is 0 Å². The van der Waals surface area contributed by atoms with Gasteiger partial charge in [0.25, 0.3) is 0 Å². The van der Waals surface area contributed by atoms with Crippen molar-refractivity contribution >= 4 is 11.7 Å². The normalized spacial score (nSPS) is 10.4. The highest BCUT2D eigenvalue weighted by molar-refractivity contribution is 5.59. The van der Waals surface area contributed by atoms with E-state index in [4.69, 9.17) is 9.26 Å². The second-order valence-corrected chi connectivity index (χ2v) is 4.28. The standard InChI is InChI=1S/C15H12FN3O2/c1-20-13-8-2-10(3-9-13)14-18-15(21-19-14)17-12-6-4-11(16)5-7-12/h2-9H,1H3,(H,17,18,19). The molecule has 0 spiro atoms. The molecule has 0 saturated carbocycles. The van der Waals surface area contributed by atoms with Gasteiger partial charge in [0.05, 0.1) is 7.11 Å². The van der Waals surface area contributed by atoms with Crippen molar-refractivity contribution in [1.29, 1.82) is 0 Å². The fourth-order valence-corrected chi connectivity index (χ4v) is 1.79. The number of benzene rings is 2. The van der Waals surface area contributed by atoms with Gasteiger partial charge in [-0.2, -0.15) is 4.98 Å². The van der Waals surface area contributed by atoms with Gasteiger partial charge in [0.1, 0.15) is 11.6 Å². The van der Waals surface area contributed by atoms with Crippen LogP contribution in [-0.2, 0) is 0 Å². The van der Waals surface area contributed by atoms with Crippen molar-refractivity contribution in [2.75, 3.05) is 12.4 Å². The summed E-state index contributed by atoms with van der Waals surface area (Å²) in [4.78, 5) is 4.23. The molecular formula is C15H12FN3O2. The molecule has 5 nitrogen and oxygen atoms in total. The Kier molecular flexibility index (Phi) is 3.51. The number of aromatic nitrogens is 2. The van der Waals surface area contributed by atoms with Crippen LogP contribution in [-0.4, -0.2) is 17.3 Å². The van der Waals surface area contributed by atoms with Crippen molar-refractivity contribution in [3.63, 3.8) is 0 Å². The Balaban J connectivity index is 1.77. The molecule has 6 heteroatoms. The van der Waals surface area contributed by atoms with Crippen LogP contribution in [0, 0.1) is 5.82 Å².